The van der Waals surface area contributed by atoms with Crippen molar-refractivity contribution in [3.8, 4) is 24.0 Å². The molecule has 17 heavy (non-hydrogen) atoms. The largest absolute Gasteiger partial charge is 0.439 e. The van der Waals surface area contributed by atoms with Gasteiger partial charge in [0.2, 0.25) is 5.88 Å². The Morgan fingerprint density at radius 2 is 1.94 bits per heavy atom. The van der Waals surface area contributed by atoms with Crippen molar-refractivity contribution in [2.24, 2.45) is 0 Å². The van der Waals surface area contributed by atoms with Gasteiger partial charge >= 0.3 is 0 Å². The summed E-state index contributed by atoms with van der Waals surface area (Å²) in [6.07, 6.45) is 6.79. The molecule has 2 nitrogen and oxygen atoms in total. The quantitative estimate of drug-likeness (QED) is 0.743. The van der Waals surface area contributed by atoms with Crippen molar-refractivity contribution in [3.05, 3.63) is 60.1 Å². The predicted molar refractivity (Wildman–Crippen MR) is 67.7 cm³/mol. The first-order valence-electron chi connectivity index (χ1n) is 5.29. The van der Waals surface area contributed by atoms with Crippen LogP contribution >= 0.6 is 0 Å². The minimum atomic E-state index is 0.540. The second-order valence-corrected chi connectivity index (χ2v) is 3.63. The van der Waals surface area contributed by atoms with Gasteiger partial charge in [-0.25, -0.2) is 4.98 Å². The lowest BCUT2D eigenvalue weighted by Crippen LogP contribution is -1.91. The number of pyridine rings is 1. The van der Waals surface area contributed by atoms with Gasteiger partial charge in [0, 0.05) is 6.07 Å². The molecule has 0 aliphatic carbocycles. The number of rotatable bonds is 3. The Bertz CT molecular complexity index is 538. The van der Waals surface area contributed by atoms with Crippen molar-refractivity contribution in [2.75, 3.05) is 0 Å². The molecule has 83 valence electrons. The minimum Gasteiger partial charge on any atom is -0.439 e. The van der Waals surface area contributed by atoms with E-state index in [-0.39, 0.29) is 0 Å². The Hall–Kier alpha value is -2.27. The third-order valence-corrected chi connectivity index (χ3v) is 2.22. The number of aromatic nitrogens is 1. The molecular weight excluding hydrogens is 210 g/mol. The van der Waals surface area contributed by atoms with E-state index in [1.165, 1.54) is 5.56 Å². The standard InChI is InChI=1S/C15H12NO/c1-3-5-13-6-4-7-15(16-13)17-14-10-8-12(2)9-11-14/h1,4-11H,2H3. The van der Waals surface area contributed by atoms with Gasteiger partial charge in [-0.1, -0.05) is 29.7 Å². The lowest BCUT2D eigenvalue weighted by atomic mass is 10.2. The summed E-state index contributed by atoms with van der Waals surface area (Å²) in [6.45, 7) is 2.03. The average molecular weight is 222 g/mol. The predicted octanol–water partition coefficient (Wildman–Crippen LogP) is 3.37. The molecule has 0 bridgehead atoms. The molecule has 0 aliphatic rings. The van der Waals surface area contributed by atoms with Crippen molar-refractivity contribution < 1.29 is 4.74 Å². The second kappa shape index (κ2) is 5.18. The van der Waals surface area contributed by atoms with Crippen LogP contribution in [0.15, 0.2) is 42.5 Å². The normalized spacial score (nSPS) is 9.65. The van der Waals surface area contributed by atoms with Crippen molar-refractivity contribution in [2.45, 2.75) is 6.92 Å². The summed E-state index contributed by atoms with van der Waals surface area (Å²) >= 11 is 0. The van der Waals surface area contributed by atoms with E-state index in [2.05, 4.69) is 10.9 Å². The van der Waals surface area contributed by atoms with Crippen molar-refractivity contribution in [3.63, 3.8) is 0 Å². The molecule has 1 radical (unpaired) electrons. The molecule has 0 saturated heterocycles. The van der Waals surface area contributed by atoms with E-state index in [9.17, 15) is 0 Å². The fraction of sp³-hybridized carbons (Fsp3) is 0.0667. The smallest absolute Gasteiger partial charge is 0.219 e. The summed E-state index contributed by atoms with van der Waals surface area (Å²) in [5, 5.41) is 0. The maximum absolute atomic E-state index is 5.62. The van der Waals surface area contributed by atoms with Gasteiger partial charge in [-0.2, -0.15) is 0 Å². The van der Waals surface area contributed by atoms with Gasteiger partial charge in [0.05, 0.1) is 12.1 Å². The van der Waals surface area contributed by atoms with E-state index in [0.717, 1.165) is 11.4 Å². The van der Waals surface area contributed by atoms with Crippen LogP contribution in [-0.2, 0) is 0 Å². The molecule has 1 heterocycles. The minimum absolute atomic E-state index is 0.540. The van der Waals surface area contributed by atoms with E-state index < -0.39 is 0 Å². The van der Waals surface area contributed by atoms with Crippen LogP contribution in [0.1, 0.15) is 11.3 Å². The third-order valence-electron chi connectivity index (χ3n) is 2.22. The first kappa shape index (κ1) is 11.2. The Morgan fingerprint density at radius 3 is 2.65 bits per heavy atom. The van der Waals surface area contributed by atoms with E-state index in [1.54, 1.807) is 12.5 Å². The van der Waals surface area contributed by atoms with Gasteiger partial charge < -0.3 is 4.74 Å². The number of terminal acetylenes is 1. The Morgan fingerprint density at radius 1 is 1.18 bits per heavy atom. The van der Waals surface area contributed by atoms with E-state index in [4.69, 9.17) is 11.2 Å². The SMILES string of the molecule is C#C[CH]c1cccc(Oc2ccc(C)cc2)n1. The van der Waals surface area contributed by atoms with Gasteiger partial charge in [0.15, 0.2) is 0 Å². The molecule has 2 rings (SSSR count). The first-order chi connectivity index (χ1) is 8.28. The number of ether oxygens (including phenoxy) is 1. The number of benzene rings is 1. The van der Waals surface area contributed by atoms with Crippen LogP contribution in [0.25, 0.3) is 0 Å². The number of aryl methyl sites for hydroxylation is 1. The highest BCUT2D eigenvalue weighted by molar-refractivity contribution is 5.32. The molecule has 0 fully saturated rings. The highest BCUT2D eigenvalue weighted by Gasteiger charge is 2.00. The number of nitrogens with zero attached hydrogens (tertiary/aromatic N) is 1. The van der Waals surface area contributed by atoms with E-state index >= 15 is 0 Å². The highest BCUT2D eigenvalue weighted by Crippen LogP contribution is 2.19. The van der Waals surface area contributed by atoms with Crippen LogP contribution in [0.2, 0.25) is 0 Å². The number of hydrogen-bond acceptors (Lipinski definition) is 2. The molecule has 0 N–H and O–H groups in total. The van der Waals surface area contributed by atoms with Crippen molar-refractivity contribution >= 4 is 0 Å². The molecule has 0 spiro atoms. The molecular formula is C15H12NO. The second-order valence-electron chi connectivity index (χ2n) is 3.63. The Labute approximate surface area is 101 Å². The molecule has 0 amide bonds. The fourth-order valence-electron chi connectivity index (χ4n) is 1.38. The van der Waals surface area contributed by atoms with Crippen LogP contribution in [0.5, 0.6) is 11.6 Å². The van der Waals surface area contributed by atoms with Crippen LogP contribution in [0.4, 0.5) is 0 Å². The van der Waals surface area contributed by atoms with Crippen LogP contribution in [-0.4, -0.2) is 4.98 Å². The van der Waals surface area contributed by atoms with Crippen LogP contribution in [0.3, 0.4) is 0 Å². The molecule has 0 aliphatic heterocycles. The summed E-state index contributed by atoms with van der Waals surface area (Å²) in [4.78, 5) is 4.26. The molecule has 0 saturated carbocycles. The lowest BCUT2D eigenvalue weighted by molar-refractivity contribution is 0.462. The topological polar surface area (TPSA) is 22.1 Å². The van der Waals surface area contributed by atoms with Gasteiger partial charge in [-0.05, 0) is 25.1 Å². The molecule has 0 unspecified atom stereocenters. The van der Waals surface area contributed by atoms with Gasteiger partial charge in [-0.15, -0.1) is 6.42 Å². The van der Waals surface area contributed by atoms with Crippen LogP contribution < -0.4 is 4.74 Å². The first-order valence-corrected chi connectivity index (χ1v) is 5.29. The average Bonchev–Trinajstić information content (AvgIpc) is 2.33. The molecule has 2 heteroatoms. The van der Waals surface area contributed by atoms with E-state index in [0.29, 0.717) is 5.88 Å². The zero-order valence-corrected chi connectivity index (χ0v) is 9.55. The summed E-state index contributed by atoms with van der Waals surface area (Å²) in [5.74, 6) is 3.74. The fourth-order valence-corrected chi connectivity index (χ4v) is 1.38. The zero-order valence-electron chi connectivity index (χ0n) is 9.55. The lowest BCUT2D eigenvalue weighted by Gasteiger charge is -2.05. The molecule has 0 atom stereocenters. The van der Waals surface area contributed by atoms with Gasteiger partial charge in [-0.3, -0.25) is 0 Å². The summed E-state index contributed by atoms with van der Waals surface area (Å²) in [6, 6.07) is 13.3. The molecule has 1 aromatic carbocycles. The molecule has 2 aromatic rings. The summed E-state index contributed by atoms with van der Waals surface area (Å²) in [7, 11) is 0. The van der Waals surface area contributed by atoms with Crippen molar-refractivity contribution in [1.82, 2.24) is 4.98 Å². The Kier molecular flexibility index (Phi) is 3.42. The summed E-state index contributed by atoms with van der Waals surface area (Å²) in [5.41, 5.74) is 1.91. The maximum atomic E-state index is 5.62. The zero-order chi connectivity index (χ0) is 12.1. The number of hydrogen-bond donors (Lipinski definition) is 0. The summed E-state index contributed by atoms with van der Waals surface area (Å²) < 4.78 is 5.62. The van der Waals surface area contributed by atoms with Crippen LogP contribution in [0, 0.1) is 25.7 Å². The monoisotopic (exact) mass is 222 g/mol. The van der Waals surface area contributed by atoms with Gasteiger partial charge in [0.25, 0.3) is 0 Å². The highest BCUT2D eigenvalue weighted by atomic mass is 16.5. The maximum Gasteiger partial charge on any atom is 0.219 e. The third kappa shape index (κ3) is 3.09. The van der Waals surface area contributed by atoms with E-state index in [1.807, 2.05) is 43.3 Å². The Balaban J connectivity index is 2.16. The van der Waals surface area contributed by atoms with Gasteiger partial charge in [0.1, 0.15) is 5.75 Å². The van der Waals surface area contributed by atoms with Crippen molar-refractivity contribution in [1.29, 1.82) is 0 Å². The molecule has 1 aromatic heterocycles.